The van der Waals surface area contributed by atoms with Crippen LogP contribution in [0.4, 0.5) is 0 Å². The van der Waals surface area contributed by atoms with Gasteiger partial charge in [0.2, 0.25) is 0 Å². The zero-order valence-corrected chi connectivity index (χ0v) is 14.7. The molecule has 0 aromatic heterocycles. The average molecular weight is 353 g/mol. The quantitative estimate of drug-likeness (QED) is 0.413. The van der Waals surface area contributed by atoms with Gasteiger partial charge in [-0.1, -0.05) is 13.8 Å². The topological polar surface area (TPSA) is 139 Å². The summed E-state index contributed by atoms with van der Waals surface area (Å²) in [6, 6.07) is -0.0197. The molecule has 0 aliphatic heterocycles. The lowest BCUT2D eigenvalue weighted by Crippen LogP contribution is -2.35. The highest BCUT2D eigenvalue weighted by molar-refractivity contribution is 7.45. The summed E-state index contributed by atoms with van der Waals surface area (Å²) in [6.07, 6.45) is 5.38. The Kier molecular flexibility index (Phi) is 10.6. The standard InChI is InChI=1S/C14H25NO3.H3O4P/c1-4-12(5-2)18-13-8-10(7-11(15)9-13)14(16)17-6-3;1-5(2,3)4/h8,11-13H,4-7,9,15H2,1-3H3;(H3,1,2,3,4). The maximum absolute atomic E-state index is 11.7. The predicted molar refractivity (Wildman–Crippen MR) is 85.4 cm³/mol. The van der Waals surface area contributed by atoms with Crippen molar-refractivity contribution in [2.45, 2.75) is 64.7 Å². The lowest BCUT2D eigenvalue weighted by atomic mass is 9.93. The third-order valence-corrected chi connectivity index (χ3v) is 3.22. The van der Waals surface area contributed by atoms with Gasteiger partial charge < -0.3 is 29.9 Å². The lowest BCUT2D eigenvalue weighted by molar-refractivity contribution is -0.139. The first-order valence-corrected chi connectivity index (χ1v) is 9.24. The number of hydrogen-bond donors (Lipinski definition) is 4. The van der Waals surface area contributed by atoms with Crippen LogP contribution in [-0.4, -0.2) is 45.5 Å². The molecule has 9 heteroatoms. The van der Waals surface area contributed by atoms with Crippen molar-refractivity contribution in [3.05, 3.63) is 11.6 Å². The maximum Gasteiger partial charge on any atom is 0.466 e. The van der Waals surface area contributed by atoms with Gasteiger partial charge in [-0.3, -0.25) is 0 Å². The van der Waals surface area contributed by atoms with Gasteiger partial charge >= 0.3 is 13.8 Å². The predicted octanol–water partition coefficient (Wildman–Crippen LogP) is 1.24. The minimum atomic E-state index is -4.64. The number of nitrogens with two attached hydrogens (primary N) is 1. The summed E-state index contributed by atoms with van der Waals surface area (Å²) in [4.78, 5) is 33.3. The van der Waals surface area contributed by atoms with E-state index in [1.54, 1.807) is 6.92 Å². The Hall–Kier alpha value is -0.760. The van der Waals surface area contributed by atoms with E-state index >= 15 is 0 Å². The highest BCUT2D eigenvalue weighted by atomic mass is 31.2. The molecular formula is C14H28NO7P. The first-order valence-electron chi connectivity index (χ1n) is 7.67. The largest absolute Gasteiger partial charge is 0.466 e. The van der Waals surface area contributed by atoms with Crippen LogP contribution in [0.15, 0.2) is 11.6 Å². The fraction of sp³-hybridized carbons (Fsp3) is 0.786. The van der Waals surface area contributed by atoms with E-state index in [2.05, 4.69) is 13.8 Å². The van der Waals surface area contributed by atoms with Gasteiger partial charge in [0, 0.05) is 11.6 Å². The van der Waals surface area contributed by atoms with Crippen LogP contribution in [0.2, 0.25) is 0 Å². The molecular weight excluding hydrogens is 325 g/mol. The lowest BCUT2D eigenvalue weighted by Gasteiger charge is -2.28. The second-order valence-electron chi connectivity index (χ2n) is 5.24. The van der Waals surface area contributed by atoms with E-state index in [0.717, 1.165) is 19.3 Å². The first kappa shape index (κ1) is 22.2. The number of hydrogen-bond acceptors (Lipinski definition) is 5. The fourth-order valence-electron chi connectivity index (χ4n) is 2.22. The van der Waals surface area contributed by atoms with Crippen LogP contribution in [0.5, 0.6) is 0 Å². The van der Waals surface area contributed by atoms with Crippen LogP contribution in [0.3, 0.4) is 0 Å². The molecule has 1 aliphatic rings. The Bertz CT molecular complexity index is 423. The number of ether oxygens (including phenoxy) is 2. The highest BCUT2D eigenvalue weighted by Gasteiger charge is 2.26. The molecule has 0 saturated heterocycles. The molecule has 0 fully saturated rings. The highest BCUT2D eigenvalue weighted by Crippen LogP contribution is 2.26. The number of phosphoric acid groups is 1. The Morgan fingerprint density at radius 1 is 1.35 bits per heavy atom. The molecule has 0 radical (unpaired) electrons. The Labute approximate surface area is 136 Å². The van der Waals surface area contributed by atoms with Gasteiger partial charge in [-0.25, -0.2) is 9.36 Å². The van der Waals surface area contributed by atoms with E-state index in [-0.39, 0.29) is 24.2 Å². The molecule has 0 aromatic carbocycles. The molecule has 0 spiro atoms. The molecule has 0 saturated carbocycles. The number of rotatable bonds is 6. The molecule has 0 bridgehead atoms. The monoisotopic (exact) mass is 353 g/mol. The summed E-state index contributed by atoms with van der Waals surface area (Å²) in [5.74, 6) is -0.259. The summed E-state index contributed by atoms with van der Waals surface area (Å²) in [5, 5.41) is 0. The van der Waals surface area contributed by atoms with Gasteiger partial charge in [-0.15, -0.1) is 0 Å². The van der Waals surface area contributed by atoms with Gasteiger partial charge in [-0.2, -0.15) is 0 Å². The third-order valence-electron chi connectivity index (χ3n) is 3.22. The second-order valence-corrected chi connectivity index (χ2v) is 6.27. The van der Waals surface area contributed by atoms with Crippen LogP contribution in [0.1, 0.15) is 46.5 Å². The summed E-state index contributed by atoms with van der Waals surface area (Å²) in [7, 11) is -4.64. The van der Waals surface area contributed by atoms with Crippen molar-refractivity contribution in [3.63, 3.8) is 0 Å². The number of carbonyl (C=O) groups excluding carboxylic acids is 1. The first-order chi connectivity index (χ1) is 10.6. The van der Waals surface area contributed by atoms with Gasteiger partial charge in [0.05, 0.1) is 18.8 Å². The zero-order valence-electron chi connectivity index (χ0n) is 13.8. The van der Waals surface area contributed by atoms with Gasteiger partial charge in [0.15, 0.2) is 0 Å². The van der Waals surface area contributed by atoms with Crippen LogP contribution in [0.25, 0.3) is 0 Å². The van der Waals surface area contributed by atoms with Crippen LogP contribution in [-0.2, 0) is 18.8 Å². The zero-order chi connectivity index (χ0) is 18.0. The second kappa shape index (κ2) is 10.9. The van der Waals surface area contributed by atoms with Crippen molar-refractivity contribution in [2.75, 3.05) is 6.61 Å². The van der Waals surface area contributed by atoms with Gasteiger partial charge in [0.25, 0.3) is 0 Å². The van der Waals surface area contributed by atoms with Crippen LogP contribution in [0, 0.1) is 0 Å². The van der Waals surface area contributed by atoms with Crippen molar-refractivity contribution in [3.8, 4) is 0 Å². The normalized spacial score (nSPS) is 21.3. The molecule has 136 valence electrons. The Morgan fingerprint density at radius 2 is 1.87 bits per heavy atom. The molecule has 2 atom stereocenters. The van der Waals surface area contributed by atoms with E-state index in [1.165, 1.54) is 0 Å². The molecule has 0 heterocycles. The average Bonchev–Trinajstić information content (AvgIpc) is 2.42. The van der Waals surface area contributed by atoms with E-state index < -0.39 is 7.82 Å². The molecule has 0 aromatic rings. The Morgan fingerprint density at radius 3 is 2.30 bits per heavy atom. The van der Waals surface area contributed by atoms with Gasteiger partial charge in [0.1, 0.15) is 0 Å². The fourth-order valence-corrected chi connectivity index (χ4v) is 2.22. The molecule has 5 N–H and O–H groups in total. The van der Waals surface area contributed by atoms with Crippen LogP contribution >= 0.6 is 7.82 Å². The van der Waals surface area contributed by atoms with Crippen LogP contribution < -0.4 is 5.73 Å². The van der Waals surface area contributed by atoms with E-state index in [1.807, 2.05) is 6.08 Å². The van der Waals surface area contributed by atoms with E-state index in [9.17, 15) is 4.79 Å². The summed E-state index contributed by atoms with van der Waals surface area (Å²) < 4.78 is 19.9. The number of esters is 1. The number of carbonyl (C=O) groups is 1. The van der Waals surface area contributed by atoms with Crippen molar-refractivity contribution in [1.82, 2.24) is 0 Å². The smallest absolute Gasteiger partial charge is 0.463 e. The van der Waals surface area contributed by atoms with Crippen molar-refractivity contribution >= 4 is 13.8 Å². The summed E-state index contributed by atoms with van der Waals surface area (Å²) >= 11 is 0. The summed E-state index contributed by atoms with van der Waals surface area (Å²) in [6.45, 7) is 6.41. The Balaban J connectivity index is 0.000000841. The molecule has 2 unspecified atom stereocenters. The molecule has 23 heavy (non-hydrogen) atoms. The van der Waals surface area contributed by atoms with Crippen molar-refractivity contribution in [1.29, 1.82) is 0 Å². The molecule has 1 aliphatic carbocycles. The third kappa shape index (κ3) is 11.4. The maximum atomic E-state index is 11.7. The van der Waals surface area contributed by atoms with Crippen molar-refractivity contribution < 1.29 is 33.5 Å². The van der Waals surface area contributed by atoms with E-state index in [4.69, 9.17) is 34.5 Å². The molecule has 8 nitrogen and oxygen atoms in total. The van der Waals surface area contributed by atoms with E-state index in [0.29, 0.717) is 18.6 Å². The molecule has 0 amide bonds. The van der Waals surface area contributed by atoms with Gasteiger partial charge in [-0.05, 0) is 38.7 Å². The minimum absolute atomic E-state index is 0.0197. The molecule has 1 rings (SSSR count). The SMILES string of the molecule is CCOC(=O)C1=CC(OC(CC)CC)CC(N)C1.O=P(O)(O)O. The minimum Gasteiger partial charge on any atom is -0.463 e. The summed E-state index contributed by atoms with van der Waals surface area (Å²) in [5.41, 5.74) is 6.64. The van der Waals surface area contributed by atoms with Crippen molar-refractivity contribution in [2.24, 2.45) is 5.73 Å².